The van der Waals surface area contributed by atoms with Crippen LogP contribution >= 0.6 is 0 Å². The summed E-state index contributed by atoms with van der Waals surface area (Å²) in [6.45, 7) is 17.1. The number of ether oxygens (including phenoxy) is 1. The summed E-state index contributed by atoms with van der Waals surface area (Å²) < 4.78 is 6.56. The zero-order valence-electron chi connectivity index (χ0n) is 21.2. The summed E-state index contributed by atoms with van der Waals surface area (Å²) in [5.41, 5.74) is 8.45. The Morgan fingerprint density at radius 3 is 2.03 bits per heavy atom. The lowest BCUT2D eigenvalue weighted by Crippen LogP contribution is -2.37. The Balaban J connectivity index is 0.00000512. The molecule has 1 aliphatic heterocycles. The number of hydrogen-bond donors (Lipinski definition) is 1. The number of aromatic hydroxyl groups is 1. The van der Waals surface area contributed by atoms with Crippen molar-refractivity contribution in [2.75, 3.05) is 0 Å². The number of phenolic OH excluding ortho intramolecular Hbond substituents is 1. The van der Waals surface area contributed by atoms with Crippen LogP contribution in [0.2, 0.25) is 0 Å². The van der Waals surface area contributed by atoms with Gasteiger partial charge >= 0.3 is 0 Å². The van der Waals surface area contributed by atoms with Gasteiger partial charge in [-0.3, -0.25) is 0 Å². The highest BCUT2D eigenvalue weighted by atomic mass is 16.5. The molecule has 1 heterocycles. The fourth-order valence-electron chi connectivity index (χ4n) is 4.43. The first-order chi connectivity index (χ1) is 14.5. The zero-order chi connectivity index (χ0) is 23.2. The van der Waals surface area contributed by atoms with Crippen molar-refractivity contribution in [2.24, 2.45) is 0 Å². The summed E-state index contributed by atoms with van der Waals surface area (Å²) >= 11 is 0. The molecule has 32 heavy (non-hydrogen) atoms. The van der Waals surface area contributed by atoms with Gasteiger partial charge < -0.3 is 9.84 Å². The second-order valence-corrected chi connectivity index (χ2v) is 10.1. The molecule has 1 N–H and O–H groups in total. The normalized spacial score (nSPS) is 18.5. The summed E-state index contributed by atoms with van der Waals surface area (Å²) in [5.74, 6) is 1.44. The molecule has 1 atom stereocenters. The SMILES string of the molecule is C.CC(C)=CCC/C(C)=C/CC/C(C)=C/CCC1(C)CCc2c(C)c(O)c(C)c(C)c2O1. The average Bonchev–Trinajstić information content (AvgIpc) is 2.70. The molecule has 0 bridgehead atoms. The van der Waals surface area contributed by atoms with Gasteiger partial charge in [-0.1, -0.05) is 42.4 Å². The lowest BCUT2D eigenvalue weighted by molar-refractivity contribution is 0.0558. The smallest absolute Gasteiger partial charge is 0.127 e. The summed E-state index contributed by atoms with van der Waals surface area (Å²) in [6.07, 6.45) is 15.8. The third-order valence-electron chi connectivity index (χ3n) is 6.88. The van der Waals surface area contributed by atoms with E-state index in [0.717, 1.165) is 67.4 Å². The summed E-state index contributed by atoms with van der Waals surface area (Å²) in [4.78, 5) is 0. The van der Waals surface area contributed by atoms with Crippen LogP contribution < -0.4 is 4.74 Å². The van der Waals surface area contributed by atoms with E-state index in [1.54, 1.807) is 0 Å². The van der Waals surface area contributed by atoms with Crippen molar-refractivity contribution in [1.29, 1.82) is 0 Å². The molecule has 0 aliphatic carbocycles. The molecule has 0 saturated heterocycles. The zero-order valence-corrected chi connectivity index (χ0v) is 21.2. The molecule has 0 aromatic heterocycles. The van der Waals surface area contributed by atoms with Crippen molar-refractivity contribution in [1.82, 2.24) is 0 Å². The number of phenols is 1. The minimum atomic E-state index is -0.133. The molecule has 2 heteroatoms. The third-order valence-corrected chi connectivity index (χ3v) is 6.88. The van der Waals surface area contributed by atoms with Crippen LogP contribution in [-0.2, 0) is 6.42 Å². The highest BCUT2D eigenvalue weighted by molar-refractivity contribution is 5.58. The second-order valence-electron chi connectivity index (χ2n) is 10.1. The molecule has 0 saturated carbocycles. The Bertz CT molecular complexity index is 866. The highest BCUT2D eigenvalue weighted by Gasteiger charge is 2.33. The van der Waals surface area contributed by atoms with Crippen LogP contribution in [0.3, 0.4) is 0 Å². The first-order valence-corrected chi connectivity index (χ1v) is 12.0. The summed E-state index contributed by atoms with van der Waals surface area (Å²) in [5, 5.41) is 10.4. The van der Waals surface area contributed by atoms with Crippen molar-refractivity contribution < 1.29 is 9.84 Å². The maximum absolute atomic E-state index is 10.4. The van der Waals surface area contributed by atoms with Crippen LogP contribution in [-0.4, -0.2) is 10.7 Å². The van der Waals surface area contributed by atoms with Crippen LogP contribution in [0.5, 0.6) is 11.5 Å². The molecule has 0 amide bonds. The van der Waals surface area contributed by atoms with E-state index >= 15 is 0 Å². The van der Waals surface area contributed by atoms with Gasteiger partial charge in [0.2, 0.25) is 0 Å². The molecular formula is C30H48O2. The standard InChI is InChI=1S/C29H44O2.CH4/c1-20(2)12-9-13-21(3)14-10-15-22(4)16-11-18-29(8)19-17-26-25(7)27(30)23(5)24(6)28(26)31-29;/h12,14,16,30H,9-11,13,15,17-19H2,1-8H3;1H4/b21-14+,22-16+;. The number of allylic oxidation sites excluding steroid dienone is 6. The summed E-state index contributed by atoms with van der Waals surface area (Å²) in [6, 6.07) is 0. The van der Waals surface area contributed by atoms with Gasteiger partial charge in [0.05, 0.1) is 0 Å². The van der Waals surface area contributed by atoms with E-state index in [9.17, 15) is 5.11 Å². The topological polar surface area (TPSA) is 29.5 Å². The van der Waals surface area contributed by atoms with Gasteiger partial charge in [0.25, 0.3) is 0 Å². The molecule has 2 rings (SSSR count). The lowest BCUT2D eigenvalue weighted by Gasteiger charge is -2.38. The van der Waals surface area contributed by atoms with E-state index in [1.807, 2.05) is 13.8 Å². The van der Waals surface area contributed by atoms with Gasteiger partial charge in [-0.2, -0.15) is 0 Å². The monoisotopic (exact) mass is 440 g/mol. The van der Waals surface area contributed by atoms with E-state index in [4.69, 9.17) is 4.74 Å². The third kappa shape index (κ3) is 7.57. The molecule has 2 nitrogen and oxygen atoms in total. The van der Waals surface area contributed by atoms with E-state index < -0.39 is 0 Å². The number of fused-ring (bicyclic) bond motifs is 1. The largest absolute Gasteiger partial charge is 0.507 e. The van der Waals surface area contributed by atoms with E-state index in [2.05, 4.69) is 59.8 Å². The Morgan fingerprint density at radius 2 is 1.44 bits per heavy atom. The number of benzene rings is 1. The van der Waals surface area contributed by atoms with Gasteiger partial charge in [0, 0.05) is 5.56 Å². The van der Waals surface area contributed by atoms with Crippen LogP contribution in [0.4, 0.5) is 0 Å². The van der Waals surface area contributed by atoms with Crippen LogP contribution in [0.1, 0.15) is 109 Å². The predicted octanol–water partition coefficient (Wildman–Crippen LogP) is 9.24. The van der Waals surface area contributed by atoms with Crippen LogP contribution in [0.15, 0.2) is 34.9 Å². The fraction of sp³-hybridized carbons (Fsp3) is 0.600. The van der Waals surface area contributed by atoms with Crippen molar-refractivity contribution in [2.45, 2.75) is 120 Å². The molecule has 180 valence electrons. The number of hydrogen-bond acceptors (Lipinski definition) is 2. The quantitative estimate of drug-likeness (QED) is 0.388. The van der Waals surface area contributed by atoms with Gasteiger partial charge in [-0.15, -0.1) is 0 Å². The maximum Gasteiger partial charge on any atom is 0.127 e. The predicted molar refractivity (Wildman–Crippen MR) is 141 cm³/mol. The van der Waals surface area contributed by atoms with Gasteiger partial charge in [-0.25, -0.2) is 0 Å². The Morgan fingerprint density at radius 1 is 0.875 bits per heavy atom. The van der Waals surface area contributed by atoms with Crippen LogP contribution in [0.25, 0.3) is 0 Å². The second kappa shape index (κ2) is 12.3. The molecule has 0 spiro atoms. The van der Waals surface area contributed by atoms with E-state index in [0.29, 0.717) is 5.75 Å². The minimum absolute atomic E-state index is 0. The average molecular weight is 441 g/mol. The first kappa shape index (κ1) is 28.1. The van der Waals surface area contributed by atoms with E-state index in [-0.39, 0.29) is 13.0 Å². The van der Waals surface area contributed by atoms with Crippen molar-refractivity contribution in [3.8, 4) is 11.5 Å². The molecular weight excluding hydrogens is 392 g/mol. The van der Waals surface area contributed by atoms with Gasteiger partial charge in [0.1, 0.15) is 17.1 Å². The molecule has 1 unspecified atom stereocenters. The van der Waals surface area contributed by atoms with Gasteiger partial charge in [0.15, 0.2) is 0 Å². The first-order valence-electron chi connectivity index (χ1n) is 12.0. The molecule has 1 aromatic carbocycles. The summed E-state index contributed by atoms with van der Waals surface area (Å²) in [7, 11) is 0. The van der Waals surface area contributed by atoms with Crippen molar-refractivity contribution in [3.05, 3.63) is 57.2 Å². The molecule has 1 aliphatic rings. The fourth-order valence-corrected chi connectivity index (χ4v) is 4.43. The Hall–Kier alpha value is -1.96. The minimum Gasteiger partial charge on any atom is -0.507 e. The molecule has 0 fully saturated rings. The van der Waals surface area contributed by atoms with Gasteiger partial charge in [-0.05, 0) is 123 Å². The number of rotatable bonds is 9. The highest BCUT2D eigenvalue weighted by Crippen LogP contribution is 2.44. The van der Waals surface area contributed by atoms with E-state index in [1.165, 1.54) is 28.7 Å². The van der Waals surface area contributed by atoms with Crippen molar-refractivity contribution in [3.63, 3.8) is 0 Å². The Labute approximate surface area is 198 Å². The molecule has 0 radical (unpaired) electrons. The van der Waals surface area contributed by atoms with Crippen molar-refractivity contribution >= 4 is 0 Å². The van der Waals surface area contributed by atoms with Crippen LogP contribution in [0, 0.1) is 20.8 Å². The molecule has 1 aromatic rings. The Kier molecular flexibility index (Phi) is 10.8. The lowest BCUT2D eigenvalue weighted by atomic mass is 9.85. The maximum atomic E-state index is 10.4.